The number of rotatable bonds is 5. The Morgan fingerprint density at radius 3 is 1.07 bits per heavy atom. The zero-order valence-corrected chi connectivity index (χ0v) is 6.81. The molecular formula is C6H13AlO8. The van der Waals surface area contributed by atoms with Crippen molar-refractivity contribution in [2.75, 3.05) is 0 Å². The Morgan fingerprint density at radius 1 is 0.733 bits per heavy atom. The number of hydrogen-bond acceptors (Lipinski definition) is 6. The van der Waals surface area contributed by atoms with Gasteiger partial charge in [-0.1, -0.05) is 0 Å². The van der Waals surface area contributed by atoms with Gasteiger partial charge in [-0.05, 0) is 0 Å². The van der Waals surface area contributed by atoms with Crippen molar-refractivity contribution < 1.29 is 40.2 Å². The summed E-state index contributed by atoms with van der Waals surface area (Å²) in [6.45, 7) is 0. The molecule has 0 unspecified atom stereocenters. The van der Waals surface area contributed by atoms with Crippen molar-refractivity contribution in [2.45, 2.75) is 24.4 Å². The van der Waals surface area contributed by atoms with E-state index in [1.165, 1.54) is 0 Å². The van der Waals surface area contributed by atoms with Crippen LogP contribution in [-0.4, -0.2) is 84.4 Å². The van der Waals surface area contributed by atoms with Crippen LogP contribution in [-0.2, 0) is 9.59 Å². The molecule has 0 heterocycles. The molecule has 0 spiro atoms. The normalized spacial score (nSPS) is 18.1. The van der Waals surface area contributed by atoms with Gasteiger partial charge in [0.05, 0.1) is 0 Å². The molecule has 0 aromatic rings. The van der Waals surface area contributed by atoms with Gasteiger partial charge in [-0.2, -0.15) is 0 Å². The van der Waals surface area contributed by atoms with Gasteiger partial charge in [0.25, 0.3) is 0 Å². The van der Waals surface area contributed by atoms with Crippen molar-refractivity contribution in [1.82, 2.24) is 0 Å². The third kappa shape index (κ3) is 4.57. The molecule has 0 bridgehead atoms. The lowest BCUT2D eigenvalue weighted by Crippen LogP contribution is -2.49. The lowest BCUT2D eigenvalue weighted by molar-refractivity contribution is -0.172. The Morgan fingerprint density at radius 2 is 0.933 bits per heavy atom. The fourth-order valence-corrected chi connectivity index (χ4v) is 0.666. The quantitative estimate of drug-likeness (QED) is 0.262. The van der Waals surface area contributed by atoms with Crippen LogP contribution in [0.25, 0.3) is 0 Å². The van der Waals surface area contributed by atoms with Crippen LogP contribution < -0.4 is 0 Å². The first-order valence-corrected chi connectivity index (χ1v) is 3.47. The van der Waals surface area contributed by atoms with E-state index in [1.807, 2.05) is 0 Å². The predicted molar refractivity (Wildman–Crippen MR) is 49.2 cm³/mol. The van der Waals surface area contributed by atoms with Gasteiger partial charge >= 0.3 is 11.9 Å². The summed E-state index contributed by atoms with van der Waals surface area (Å²) >= 11 is 0. The zero-order valence-electron chi connectivity index (χ0n) is 6.81. The number of aliphatic carboxylic acids is 2. The molecule has 15 heavy (non-hydrogen) atoms. The second-order valence-corrected chi connectivity index (χ2v) is 2.55. The van der Waals surface area contributed by atoms with Crippen molar-refractivity contribution in [3.8, 4) is 0 Å². The second kappa shape index (κ2) is 6.73. The summed E-state index contributed by atoms with van der Waals surface area (Å²) in [6.07, 6.45) is -9.28. The van der Waals surface area contributed by atoms with Crippen molar-refractivity contribution in [2.24, 2.45) is 0 Å². The lowest BCUT2D eigenvalue weighted by atomic mass is 10.0. The van der Waals surface area contributed by atoms with E-state index < -0.39 is 36.4 Å². The van der Waals surface area contributed by atoms with Crippen molar-refractivity contribution >= 4 is 29.3 Å². The topological polar surface area (TPSA) is 156 Å². The summed E-state index contributed by atoms with van der Waals surface area (Å²) in [4.78, 5) is 20.2. The van der Waals surface area contributed by atoms with E-state index in [0.717, 1.165) is 0 Å². The van der Waals surface area contributed by atoms with Gasteiger partial charge in [0.2, 0.25) is 0 Å². The van der Waals surface area contributed by atoms with Crippen molar-refractivity contribution in [1.29, 1.82) is 0 Å². The molecule has 0 aromatic heterocycles. The fraction of sp³-hybridized carbons (Fsp3) is 0.667. The number of carbonyl (C=O) groups is 2. The number of carboxylic acids is 2. The van der Waals surface area contributed by atoms with E-state index in [9.17, 15) is 9.59 Å². The number of hydrogen-bond donors (Lipinski definition) is 6. The van der Waals surface area contributed by atoms with Gasteiger partial charge in [0.1, 0.15) is 12.2 Å². The first-order valence-electron chi connectivity index (χ1n) is 3.47. The van der Waals surface area contributed by atoms with E-state index in [0.29, 0.717) is 0 Å². The minimum absolute atomic E-state index is 0. The highest BCUT2D eigenvalue weighted by Crippen LogP contribution is 2.05. The summed E-state index contributed by atoms with van der Waals surface area (Å²) in [5, 5.41) is 51.5. The van der Waals surface area contributed by atoms with Gasteiger partial charge < -0.3 is 30.6 Å². The van der Waals surface area contributed by atoms with Crippen LogP contribution in [0.15, 0.2) is 0 Å². The smallest absolute Gasteiger partial charge is 0.335 e. The van der Waals surface area contributed by atoms with E-state index in [2.05, 4.69) is 0 Å². The predicted octanol–water partition coefficient (Wildman–Crippen LogP) is -4.58. The molecule has 0 radical (unpaired) electrons. The molecule has 0 aliphatic rings. The van der Waals surface area contributed by atoms with Gasteiger partial charge in [-0.25, -0.2) is 9.59 Å². The van der Waals surface area contributed by atoms with E-state index >= 15 is 0 Å². The zero-order chi connectivity index (χ0) is 11.5. The Kier molecular flexibility index (Phi) is 7.51. The van der Waals surface area contributed by atoms with Crippen LogP contribution >= 0.6 is 0 Å². The standard InChI is InChI=1S/C6H10O8.Al.3H/c7-1(3(9)5(11)12)2(8)4(10)6(13)14;;;;/h1-4,7-10H,(H,11,12)(H,13,14);;;;/t1-,2-,3-,4+;;;;/m0..../s1. The number of carboxylic acid groups (broad SMARTS) is 2. The first kappa shape index (κ1) is 16.7. The number of aliphatic hydroxyl groups is 4. The maximum absolute atomic E-state index is 10.1. The molecule has 0 fully saturated rings. The Hall–Kier alpha value is -0.688. The largest absolute Gasteiger partial charge is 0.479 e. The molecule has 0 aliphatic heterocycles. The van der Waals surface area contributed by atoms with Gasteiger partial charge in [-0.3, -0.25) is 0 Å². The molecule has 0 amide bonds. The van der Waals surface area contributed by atoms with Gasteiger partial charge in [-0.15, -0.1) is 0 Å². The highest BCUT2D eigenvalue weighted by molar-refractivity contribution is 5.75. The van der Waals surface area contributed by atoms with Crippen LogP contribution in [0.3, 0.4) is 0 Å². The molecule has 9 heteroatoms. The summed E-state index contributed by atoms with van der Waals surface area (Å²) in [5.41, 5.74) is 0. The van der Waals surface area contributed by atoms with Gasteiger partial charge in [0.15, 0.2) is 29.6 Å². The van der Waals surface area contributed by atoms with Crippen LogP contribution in [0.2, 0.25) is 0 Å². The molecule has 0 aromatic carbocycles. The summed E-state index contributed by atoms with van der Waals surface area (Å²) in [5.74, 6) is -3.68. The fourth-order valence-electron chi connectivity index (χ4n) is 0.666. The molecule has 0 saturated carbocycles. The summed E-state index contributed by atoms with van der Waals surface area (Å²) in [6, 6.07) is 0. The highest BCUT2D eigenvalue weighted by Gasteiger charge is 2.37. The van der Waals surface area contributed by atoms with Crippen LogP contribution in [0.4, 0.5) is 0 Å². The molecular weight excluding hydrogens is 227 g/mol. The summed E-state index contributed by atoms with van der Waals surface area (Å²) < 4.78 is 0. The first-order chi connectivity index (χ1) is 6.29. The monoisotopic (exact) mass is 240 g/mol. The maximum atomic E-state index is 10.1. The molecule has 88 valence electrons. The Bertz CT molecular complexity index is 207. The lowest BCUT2D eigenvalue weighted by Gasteiger charge is -2.21. The van der Waals surface area contributed by atoms with E-state index in [1.54, 1.807) is 0 Å². The van der Waals surface area contributed by atoms with E-state index in [-0.39, 0.29) is 17.4 Å². The third-order valence-corrected chi connectivity index (χ3v) is 1.50. The molecule has 0 aliphatic carbocycles. The van der Waals surface area contributed by atoms with Crippen LogP contribution in [0.5, 0.6) is 0 Å². The van der Waals surface area contributed by atoms with Crippen LogP contribution in [0.1, 0.15) is 0 Å². The SMILES string of the molecule is O=C(O)[C@@H](O)[C@@H](O)[C@H](O)[C@@H](O)C(=O)O.[AlH3]. The van der Waals surface area contributed by atoms with Crippen molar-refractivity contribution in [3.63, 3.8) is 0 Å². The highest BCUT2D eigenvalue weighted by atomic mass is 27.0. The van der Waals surface area contributed by atoms with E-state index in [4.69, 9.17) is 30.6 Å². The summed E-state index contributed by atoms with van der Waals surface area (Å²) in [7, 11) is 0. The maximum Gasteiger partial charge on any atom is 0.335 e. The molecule has 4 atom stereocenters. The Labute approximate surface area is 94.5 Å². The Balaban J connectivity index is 0. The number of aliphatic hydroxyl groups excluding tert-OH is 4. The van der Waals surface area contributed by atoms with Gasteiger partial charge in [0, 0.05) is 0 Å². The van der Waals surface area contributed by atoms with Crippen molar-refractivity contribution in [3.05, 3.63) is 0 Å². The minimum atomic E-state index is -2.36. The molecule has 8 nitrogen and oxygen atoms in total. The second-order valence-electron chi connectivity index (χ2n) is 2.55. The average Bonchev–Trinajstić information content (AvgIpc) is 2.12. The third-order valence-electron chi connectivity index (χ3n) is 1.50. The minimum Gasteiger partial charge on any atom is -0.479 e. The molecule has 0 saturated heterocycles. The van der Waals surface area contributed by atoms with Crippen LogP contribution in [0, 0.1) is 0 Å². The molecule has 6 N–H and O–H groups in total. The average molecular weight is 240 g/mol. The molecule has 0 rings (SSSR count).